The topological polar surface area (TPSA) is 95.7 Å². The lowest BCUT2D eigenvalue weighted by atomic mass is 9.71. The van der Waals surface area contributed by atoms with Crippen molar-refractivity contribution in [1.82, 2.24) is 4.90 Å². The van der Waals surface area contributed by atoms with Crippen LogP contribution < -0.4 is 5.32 Å². The second-order valence-electron chi connectivity index (χ2n) is 7.38. The number of urea groups is 1. The molecule has 136 valence electrons. The van der Waals surface area contributed by atoms with Crippen LogP contribution in [0, 0.1) is 29.9 Å². The van der Waals surface area contributed by atoms with Crippen LogP contribution in [0.1, 0.15) is 43.2 Å². The van der Waals surface area contributed by atoms with Crippen molar-refractivity contribution >= 4 is 17.4 Å². The smallest absolute Gasteiger partial charge is 0.321 e. The molecule has 3 rings (SSSR count). The molecule has 1 heterocycles. The number of hydrogen-bond acceptors (Lipinski definition) is 4. The molecule has 0 radical (unpaired) electrons. The Morgan fingerprint density at radius 3 is 2.80 bits per heavy atom. The van der Waals surface area contributed by atoms with Gasteiger partial charge in [0.2, 0.25) is 0 Å². The van der Waals surface area contributed by atoms with E-state index in [-0.39, 0.29) is 17.6 Å². The highest BCUT2D eigenvalue weighted by Crippen LogP contribution is 2.40. The van der Waals surface area contributed by atoms with E-state index in [4.69, 9.17) is 0 Å². The summed E-state index contributed by atoms with van der Waals surface area (Å²) in [7, 11) is 0. The van der Waals surface area contributed by atoms with Crippen LogP contribution in [0.5, 0.6) is 0 Å². The van der Waals surface area contributed by atoms with Crippen LogP contribution in [0.25, 0.3) is 0 Å². The maximum atomic E-state index is 12.6. The van der Waals surface area contributed by atoms with Gasteiger partial charge in [0.15, 0.2) is 0 Å². The molecule has 0 bridgehead atoms. The van der Waals surface area contributed by atoms with Crippen molar-refractivity contribution in [3.8, 4) is 0 Å². The molecule has 1 saturated carbocycles. The summed E-state index contributed by atoms with van der Waals surface area (Å²) >= 11 is 0. The number of carbonyl (C=O) groups is 1. The van der Waals surface area contributed by atoms with Gasteiger partial charge >= 0.3 is 6.03 Å². The first-order valence-corrected chi connectivity index (χ1v) is 8.84. The van der Waals surface area contributed by atoms with Gasteiger partial charge in [0.05, 0.1) is 16.2 Å². The Morgan fingerprint density at radius 1 is 1.32 bits per heavy atom. The van der Waals surface area contributed by atoms with E-state index in [9.17, 15) is 20.0 Å². The van der Waals surface area contributed by atoms with Crippen molar-refractivity contribution in [3.63, 3.8) is 0 Å². The van der Waals surface area contributed by atoms with E-state index in [1.54, 1.807) is 17.9 Å². The number of rotatable bonds is 2. The number of nitro benzene ring substituents is 1. The lowest BCUT2D eigenvalue weighted by Crippen LogP contribution is -2.55. The molecule has 2 unspecified atom stereocenters. The second kappa shape index (κ2) is 6.63. The molecule has 2 aliphatic rings. The van der Waals surface area contributed by atoms with Crippen LogP contribution in [0.2, 0.25) is 0 Å². The average Bonchev–Trinajstić information content (AvgIpc) is 2.56. The number of amides is 2. The summed E-state index contributed by atoms with van der Waals surface area (Å²) in [6, 6.07) is 2.88. The number of nitrogens with one attached hydrogen (secondary N) is 1. The minimum Gasteiger partial charge on any atom is -0.389 e. The van der Waals surface area contributed by atoms with Gasteiger partial charge in [0.1, 0.15) is 0 Å². The van der Waals surface area contributed by atoms with E-state index < -0.39 is 10.5 Å². The zero-order chi connectivity index (χ0) is 18.2. The molecule has 2 fully saturated rings. The highest BCUT2D eigenvalue weighted by Gasteiger charge is 2.43. The number of fused-ring (bicyclic) bond motifs is 1. The lowest BCUT2D eigenvalue weighted by Gasteiger charge is -2.47. The van der Waals surface area contributed by atoms with Crippen molar-refractivity contribution in [2.45, 2.75) is 51.6 Å². The fraction of sp³-hybridized carbons (Fsp3) is 0.611. The zero-order valence-electron chi connectivity index (χ0n) is 14.7. The van der Waals surface area contributed by atoms with Gasteiger partial charge in [-0.1, -0.05) is 12.8 Å². The fourth-order valence-electron chi connectivity index (χ4n) is 4.12. The number of benzene rings is 1. The zero-order valence-corrected chi connectivity index (χ0v) is 14.7. The third-order valence-electron chi connectivity index (χ3n) is 5.70. The molecular weight excluding hydrogens is 322 g/mol. The third kappa shape index (κ3) is 3.46. The number of anilines is 1. The second-order valence-corrected chi connectivity index (χ2v) is 7.38. The number of likely N-dealkylation sites (tertiary alicyclic amines) is 1. The summed E-state index contributed by atoms with van der Waals surface area (Å²) < 4.78 is 0. The number of carbonyl (C=O) groups excluding carboxylic acids is 1. The SMILES string of the molecule is Cc1cc(C)c([N+](=O)[O-])cc1NC(=O)N1CCC2(O)CCCCC2C1. The van der Waals surface area contributed by atoms with Crippen LogP contribution in [0.3, 0.4) is 0 Å². The summed E-state index contributed by atoms with van der Waals surface area (Å²) in [5.41, 5.74) is 1.20. The van der Waals surface area contributed by atoms with Crippen LogP contribution in [0.15, 0.2) is 12.1 Å². The van der Waals surface area contributed by atoms with Crippen molar-refractivity contribution in [2.24, 2.45) is 5.92 Å². The van der Waals surface area contributed by atoms with Crippen molar-refractivity contribution in [2.75, 3.05) is 18.4 Å². The third-order valence-corrected chi connectivity index (χ3v) is 5.70. The summed E-state index contributed by atoms with van der Waals surface area (Å²) in [5, 5.41) is 24.7. The minimum atomic E-state index is -0.631. The van der Waals surface area contributed by atoms with E-state index in [0.717, 1.165) is 31.2 Å². The molecule has 0 aromatic heterocycles. The summed E-state index contributed by atoms with van der Waals surface area (Å²) in [4.78, 5) is 25.0. The van der Waals surface area contributed by atoms with Crippen LogP contribution in [-0.2, 0) is 0 Å². The van der Waals surface area contributed by atoms with E-state index in [2.05, 4.69) is 5.32 Å². The Hall–Kier alpha value is -2.15. The number of nitrogens with zero attached hydrogens (tertiary/aromatic N) is 2. The van der Waals surface area contributed by atoms with Gasteiger partial charge in [-0.25, -0.2) is 4.79 Å². The molecule has 1 saturated heterocycles. The van der Waals surface area contributed by atoms with E-state index in [1.807, 2.05) is 6.92 Å². The Balaban J connectivity index is 1.73. The Bertz CT molecular complexity index is 706. The molecule has 1 aliphatic heterocycles. The van der Waals surface area contributed by atoms with Gasteiger partial charge in [0.25, 0.3) is 5.69 Å². The maximum absolute atomic E-state index is 12.6. The van der Waals surface area contributed by atoms with Gasteiger partial charge in [-0.05, 0) is 44.7 Å². The van der Waals surface area contributed by atoms with Gasteiger partial charge in [-0.3, -0.25) is 10.1 Å². The maximum Gasteiger partial charge on any atom is 0.321 e. The first-order valence-electron chi connectivity index (χ1n) is 8.84. The molecule has 1 aromatic rings. The summed E-state index contributed by atoms with van der Waals surface area (Å²) in [5.74, 6) is 0.120. The number of aliphatic hydroxyl groups is 1. The number of hydrogen-bond donors (Lipinski definition) is 2. The van der Waals surface area contributed by atoms with Crippen molar-refractivity contribution in [3.05, 3.63) is 33.4 Å². The van der Waals surface area contributed by atoms with Gasteiger partial charge in [-0.2, -0.15) is 0 Å². The average molecular weight is 347 g/mol. The molecule has 0 spiro atoms. The fourth-order valence-corrected chi connectivity index (χ4v) is 4.12. The Morgan fingerprint density at radius 2 is 2.08 bits per heavy atom. The summed E-state index contributed by atoms with van der Waals surface area (Å²) in [6.07, 6.45) is 4.49. The van der Waals surface area contributed by atoms with Crippen LogP contribution >= 0.6 is 0 Å². The van der Waals surface area contributed by atoms with Crippen molar-refractivity contribution < 1.29 is 14.8 Å². The molecule has 2 atom stereocenters. The van der Waals surface area contributed by atoms with Crippen molar-refractivity contribution in [1.29, 1.82) is 0 Å². The Kier molecular flexibility index (Phi) is 4.69. The first-order chi connectivity index (χ1) is 11.8. The minimum absolute atomic E-state index is 0.00111. The first kappa shape index (κ1) is 17.7. The number of piperidine rings is 1. The molecule has 2 N–H and O–H groups in total. The van der Waals surface area contributed by atoms with Crippen LogP contribution in [-0.4, -0.2) is 39.7 Å². The monoisotopic (exact) mass is 347 g/mol. The van der Waals surface area contributed by atoms with Gasteiger partial charge < -0.3 is 15.3 Å². The molecule has 7 nitrogen and oxygen atoms in total. The summed E-state index contributed by atoms with van der Waals surface area (Å²) in [6.45, 7) is 4.55. The molecule has 7 heteroatoms. The van der Waals surface area contributed by atoms with E-state index in [0.29, 0.717) is 30.8 Å². The number of nitro groups is 1. The predicted octanol–water partition coefficient (Wildman–Crippen LogP) is 3.37. The normalized spacial score (nSPS) is 26.0. The number of aryl methyl sites for hydroxylation is 2. The molecular formula is C18H25N3O4. The molecule has 2 amide bonds. The van der Waals surface area contributed by atoms with Gasteiger partial charge in [0, 0.05) is 30.6 Å². The molecule has 25 heavy (non-hydrogen) atoms. The van der Waals surface area contributed by atoms with Gasteiger partial charge in [-0.15, -0.1) is 0 Å². The predicted molar refractivity (Wildman–Crippen MR) is 94.7 cm³/mol. The van der Waals surface area contributed by atoms with E-state index >= 15 is 0 Å². The lowest BCUT2D eigenvalue weighted by molar-refractivity contribution is -0.385. The highest BCUT2D eigenvalue weighted by molar-refractivity contribution is 5.90. The standard InChI is InChI=1S/C18H25N3O4/c1-12-9-13(2)16(21(24)25)10-15(12)19-17(22)20-8-7-18(23)6-4-3-5-14(18)11-20/h9-10,14,23H,3-8,11H2,1-2H3,(H,19,22). The molecule has 1 aliphatic carbocycles. The Labute approximate surface area is 147 Å². The van der Waals surface area contributed by atoms with E-state index in [1.165, 1.54) is 6.07 Å². The van der Waals surface area contributed by atoms with Crippen LogP contribution in [0.4, 0.5) is 16.2 Å². The largest absolute Gasteiger partial charge is 0.389 e. The molecule has 1 aromatic carbocycles. The highest BCUT2D eigenvalue weighted by atomic mass is 16.6. The quantitative estimate of drug-likeness (QED) is 0.633.